The molecule has 1 atom stereocenters. The van der Waals surface area contributed by atoms with E-state index in [9.17, 15) is 9.59 Å². The fraction of sp³-hybridized carbons (Fsp3) is 0.500. The molecule has 1 saturated heterocycles. The Morgan fingerprint density at radius 2 is 2.18 bits per heavy atom. The number of nitrogens with one attached hydrogen (secondary N) is 2. The van der Waals surface area contributed by atoms with Crippen LogP contribution in [0, 0.1) is 0 Å². The lowest BCUT2D eigenvalue weighted by molar-refractivity contribution is -0.134. The van der Waals surface area contributed by atoms with Crippen molar-refractivity contribution in [2.45, 2.75) is 38.8 Å². The van der Waals surface area contributed by atoms with Crippen molar-refractivity contribution in [3.05, 3.63) is 21.9 Å². The molecule has 17 heavy (non-hydrogen) atoms. The van der Waals surface area contributed by atoms with Gasteiger partial charge in [-0.2, -0.15) is 0 Å². The first kappa shape index (κ1) is 12.3. The second-order valence-electron chi connectivity index (χ2n) is 4.11. The molecule has 1 aliphatic heterocycles. The number of amides is 2. The Bertz CT molecular complexity index is 428. The second-order valence-corrected chi connectivity index (χ2v) is 5.36. The third-order valence-corrected chi connectivity index (χ3v) is 4.06. The van der Waals surface area contributed by atoms with Gasteiger partial charge in [0.2, 0.25) is 11.8 Å². The third-order valence-electron chi connectivity index (χ3n) is 2.83. The van der Waals surface area contributed by atoms with Crippen LogP contribution in [0.2, 0.25) is 0 Å². The molecule has 5 heteroatoms. The number of hydrogen-bond acceptors (Lipinski definition) is 4. The Morgan fingerprint density at radius 3 is 2.82 bits per heavy atom. The van der Waals surface area contributed by atoms with Gasteiger partial charge in [0.15, 0.2) is 0 Å². The molecule has 0 aliphatic carbocycles. The van der Waals surface area contributed by atoms with Crippen molar-refractivity contribution in [3.8, 4) is 0 Å². The first-order valence-electron chi connectivity index (χ1n) is 5.83. The highest BCUT2D eigenvalue weighted by molar-refractivity contribution is 7.11. The fourth-order valence-corrected chi connectivity index (χ4v) is 2.73. The topological polar surface area (TPSA) is 58.2 Å². The molecule has 1 unspecified atom stereocenters. The number of rotatable bonds is 4. The summed E-state index contributed by atoms with van der Waals surface area (Å²) in [5, 5.41) is 5.54. The van der Waals surface area contributed by atoms with Crippen LogP contribution < -0.4 is 10.6 Å². The molecule has 2 rings (SSSR count). The van der Waals surface area contributed by atoms with Crippen LogP contribution in [0.15, 0.2) is 12.1 Å². The molecule has 0 saturated carbocycles. The van der Waals surface area contributed by atoms with Crippen LogP contribution in [0.1, 0.15) is 29.5 Å². The van der Waals surface area contributed by atoms with Crippen molar-refractivity contribution in [2.24, 2.45) is 0 Å². The third kappa shape index (κ3) is 3.14. The van der Waals surface area contributed by atoms with E-state index < -0.39 is 0 Å². The van der Waals surface area contributed by atoms with Crippen molar-refractivity contribution in [2.75, 3.05) is 0 Å². The highest BCUT2D eigenvalue weighted by atomic mass is 32.1. The Kier molecular flexibility index (Phi) is 3.91. The van der Waals surface area contributed by atoms with Gasteiger partial charge in [0.05, 0.1) is 6.04 Å². The maximum atomic E-state index is 11.5. The van der Waals surface area contributed by atoms with E-state index in [4.69, 9.17) is 0 Å². The molecule has 2 heterocycles. The molecule has 0 bridgehead atoms. The standard InChI is InChI=1S/C12H16N2O2S/c1-2-8-3-4-9(17-8)7-13-10-5-6-11(15)14-12(10)16/h3-4,10,13H,2,5-7H2,1H3,(H,14,15,16). The molecule has 1 fully saturated rings. The Labute approximate surface area is 104 Å². The van der Waals surface area contributed by atoms with Crippen LogP contribution in [-0.2, 0) is 22.6 Å². The molecule has 1 aromatic rings. The maximum Gasteiger partial charge on any atom is 0.243 e. The molecular weight excluding hydrogens is 236 g/mol. The zero-order chi connectivity index (χ0) is 12.3. The molecule has 2 amide bonds. The van der Waals surface area contributed by atoms with Crippen molar-refractivity contribution in [3.63, 3.8) is 0 Å². The molecule has 0 aromatic carbocycles. The largest absolute Gasteiger partial charge is 0.301 e. The van der Waals surface area contributed by atoms with Gasteiger partial charge in [-0.1, -0.05) is 6.92 Å². The van der Waals surface area contributed by atoms with E-state index in [1.165, 1.54) is 9.75 Å². The predicted molar refractivity (Wildman–Crippen MR) is 66.7 cm³/mol. The molecule has 2 N–H and O–H groups in total. The van der Waals surface area contributed by atoms with Crippen molar-refractivity contribution in [1.82, 2.24) is 10.6 Å². The summed E-state index contributed by atoms with van der Waals surface area (Å²) in [6.45, 7) is 2.82. The normalized spacial score (nSPS) is 20.4. The number of thiophene rings is 1. The summed E-state index contributed by atoms with van der Waals surface area (Å²) in [6.07, 6.45) is 2.06. The highest BCUT2D eigenvalue weighted by Crippen LogP contribution is 2.17. The molecule has 1 aliphatic rings. The average Bonchev–Trinajstić information content (AvgIpc) is 2.76. The minimum absolute atomic E-state index is 0.169. The van der Waals surface area contributed by atoms with Crippen molar-refractivity contribution >= 4 is 23.2 Å². The van der Waals surface area contributed by atoms with Gasteiger partial charge in [-0.25, -0.2) is 0 Å². The number of aryl methyl sites for hydroxylation is 1. The number of carbonyl (C=O) groups is 2. The number of hydrogen-bond donors (Lipinski definition) is 2. The van der Waals surface area contributed by atoms with Gasteiger partial charge in [0.1, 0.15) is 0 Å². The van der Waals surface area contributed by atoms with E-state index in [2.05, 4.69) is 29.7 Å². The summed E-state index contributed by atoms with van der Waals surface area (Å²) in [7, 11) is 0. The van der Waals surface area contributed by atoms with Crippen LogP contribution >= 0.6 is 11.3 Å². The molecular formula is C12H16N2O2S. The minimum Gasteiger partial charge on any atom is -0.301 e. The van der Waals surface area contributed by atoms with Gasteiger partial charge in [-0.3, -0.25) is 14.9 Å². The van der Waals surface area contributed by atoms with Crippen LogP contribution in [-0.4, -0.2) is 17.9 Å². The van der Waals surface area contributed by atoms with Crippen LogP contribution in [0.5, 0.6) is 0 Å². The average molecular weight is 252 g/mol. The molecule has 0 radical (unpaired) electrons. The van der Waals surface area contributed by atoms with E-state index in [1.807, 2.05) is 0 Å². The molecule has 92 valence electrons. The Balaban J connectivity index is 1.85. The molecule has 1 aromatic heterocycles. The first-order chi connectivity index (χ1) is 8.19. The Hall–Kier alpha value is -1.20. The van der Waals surface area contributed by atoms with E-state index >= 15 is 0 Å². The van der Waals surface area contributed by atoms with Gasteiger partial charge in [0, 0.05) is 22.7 Å². The summed E-state index contributed by atoms with van der Waals surface area (Å²) >= 11 is 1.76. The second kappa shape index (κ2) is 5.42. The molecule has 4 nitrogen and oxygen atoms in total. The lowest BCUT2D eigenvalue weighted by atomic mass is 10.1. The van der Waals surface area contributed by atoms with E-state index in [0.29, 0.717) is 19.4 Å². The fourth-order valence-electron chi connectivity index (χ4n) is 1.82. The summed E-state index contributed by atoms with van der Waals surface area (Å²) in [5.41, 5.74) is 0. The summed E-state index contributed by atoms with van der Waals surface area (Å²) < 4.78 is 0. The van der Waals surface area contributed by atoms with Crippen LogP contribution in [0.3, 0.4) is 0 Å². The van der Waals surface area contributed by atoms with E-state index in [-0.39, 0.29) is 17.9 Å². The maximum absolute atomic E-state index is 11.5. The van der Waals surface area contributed by atoms with E-state index in [0.717, 1.165) is 6.42 Å². The zero-order valence-corrected chi connectivity index (χ0v) is 10.6. The van der Waals surface area contributed by atoms with Gasteiger partial charge >= 0.3 is 0 Å². The highest BCUT2D eigenvalue weighted by Gasteiger charge is 2.25. The van der Waals surface area contributed by atoms with Gasteiger partial charge in [-0.15, -0.1) is 11.3 Å². The summed E-state index contributed by atoms with van der Waals surface area (Å²) in [4.78, 5) is 25.1. The van der Waals surface area contributed by atoms with Crippen LogP contribution in [0.4, 0.5) is 0 Å². The van der Waals surface area contributed by atoms with Gasteiger partial charge in [0.25, 0.3) is 0 Å². The number of piperidine rings is 1. The monoisotopic (exact) mass is 252 g/mol. The summed E-state index contributed by atoms with van der Waals surface area (Å²) in [5.74, 6) is -0.369. The first-order valence-corrected chi connectivity index (χ1v) is 6.65. The lowest BCUT2D eigenvalue weighted by Crippen LogP contribution is -2.50. The quantitative estimate of drug-likeness (QED) is 0.792. The smallest absolute Gasteiger partial charge is 0.243 e. The predicted octanol–water partition coefficient (Wildman–Crippen LogP) is 1.21. The minimum atomic E-state index is -0.236. The SMILES string of the molecule is CCc1ccc(CNC2CCC(=O)NC2=O)s1. The van der Waals surface area contributed by atoms with Crippen LogP contribution in [0.25, 0.3) is 0 Å². The summed E-state index contributed by atoms with van der Waals surface area (Å²) in [6, 6.07) is 3.97. The number of imide groups is 1. The zero-order valence-electron chi connectivity index (χ0n) is 9.79. The lowest BCUT2D eigenvalue weighted by Gasteiger charge is -2.21. The number of carbonyl (C=O) groups excluding carboxylic acids is 2. The van der Waals surface area contributed by atoms with Crippen molar-refractivity contribution < 1.29 is 9.59 Å². The van der Waals surface area contributed by atoms with Gasteiger partial charge < -0.3 is 5.32 Å². The van der Waals surface area contributed by atoms with E-state index in [1.54, 1.807) is 11.3 Å². The molecule has 0 spiro atoms. The Morgan fingerprint density at radius 1 is 1.41 bits per heavy atom. The van der Waals surface area contributed by atoms with Crippen molar-refractivity contribution in [1.29, 1.82) is 0 Å². The van der Waals surface area contributed by atoms with Gasteiger partial charge in [-0.05, 0) is 25.0 Å².